The van der Waals surface area contributed by atoms with Crippen LogP contribution in [0.3, 0.4) is 0 Å². The molecule has 25 heavy (non-hydrogen) atoms. The van der Waals surface area contributed by atoms with Crippen molar-refractivity contribution >= 4 is 6.09 Å². The van der Waals surface area contributed by atoms with Gasteiger partial charge < -0.3 is 15.0 Å². The highest BCUT2D eigenvalue weighted by Crippen LogP contribution is 2.24. The van der Waals surface area contributed by atoms with E-state index in [0.29, 0.717) is 12.6 Å². The van der Waals surface area contributed by atoms with Crippen LogP contribution in [0.25, 0.3) is 0 Å². The first-order valence-corrected chi connectivity index (χ1v) is 8.90. The first-order valence-electron chi connectivity index (χ1n) is 8.90. The first-order chi connectivity index (χ1) is 12.3. The predicted octanol–water partition coefficient (Wildman–Crippen LogP) is 3.38. The second-order valence-corrected chi connectivity index (χ2v) is 6.26. The van der Waals surface area contributed by atoms with Crippen LogP contribution in [-0.4, -0.2) is 41.7 Å². The van der Waals surface area contributed by atoms with Crippen LogP contribution < -0.4 is 5.32 Å². The minimum atomic E-state index is -0.201. The lowest BCUT2D eigenvalue weighted by atomic mass is 9.96. The van der Waals surface area contributed by atoms with Crippen molar-refractivity contribution in [1.29, 1.82) is 0 Å². The van der Waals surface area contributed by atoms with E-state index >= 15 is 0 Å². The molecular formula is C20H25N3O2. The summed E-state index contributed by atoms with van der Waals surface area (Å²) in [5.41, 5.74) is 2.38. The van der Waals surface area contributed by atoms with E-state index in [-0.39, 0.29) is 12.1 Å². The van der Waals surface area contributed by atoms with Crippen LogP contribution in [0, 0.1) is 0 Å². The van der Waals surface area contributed by atoms with E-state index in [9.17, 15) is 4.79 Å². The van der Waals surface area contributed by atoms with Gasteiger partial charge in [-0.15, -0.1) is 0 Å². The van der Waals surface area contributed by atoms with Gasteiger partial charge in [0.05, 0.1) is 12.6 Å². The third-order valence-electron chi connectivity index (χ3n) is 4.57. The normalized spacial score (nSPS) is 16.4. The number of nitrogens with zero attached hydrogens (tertiary/aromatic N) is 2. The zero-order valence-electron chi connectivity index (χ0n) is 14.6. The maximum Gasteiger partial charge on any atom is 0.409 e. The maximum atomic E-state index is 11.8. The monoisotopic (exact) mass is 339 g/mol. The van der Waals surface area contributed by atoms with Crippen LogP contribution in [-0.2, 0) is 4.74 Å². The summed E-state index contributed by atoms with van der Waals surface area (Å²) in [6, 6.07) is 15.0. The number of carbonyl (C=O) groups excluding carboxylic acids is 1. The Morgan fingerprint density at radius 1 is 1.20 bits per heavy atom. The predicted molar refractivity (Wildman–Crippen MR) is 97.3 cm³/mol. The minimum absolute atomic E-state index is 0.106. The summed E-state index contributed by atoms with van der Waals surface area (Å²) in [6.07, 6.45) is 5.35. The quantitative estimate of drug-likeness (QED) is 0.907. The average molecular weight is 339 g/mol. The van der Waals surface area contributed by atoms with Gasteiger partial charge in [0, 0.05) is 31.5 Å². The lowest BCUT2D eigenvalue weighted by molar-refractivity contribution is 0.0945. The van der Waals surface area contributed by atoms with Crippen molar-refractivity contribution in [2.45, 2.75) is 31.8 Å². The number of pyridine rings is 1. The van der Waals surface area contributed by atoms with Gasteiger partial charge in [0.15, 0.2) is 0 Å². The number of rotatable bonds is 5. The largest absolute Gasteiger partial charge is 0.450 e. The number of nitrogens with one attached hydrogen (secondary N) is 1. The van der Waals surface area contributed by atoms with Gasteiger partial charge in [0.25, 0.3) is 0 Å². The molecule has 0 bridgehead atoms. The Morgan fingerprint density at radius 2 is 1.92 bits per heavy atom. The molecule has 1 atom stereocenters. The molecule has 1 amide bonds. The Balaban J connectivity index is 1.67. The number of hydrogen-bond acceptors (Lipinski definition) is 4. The van der Waals surface area contributed by atoms with E-state index in [4.69, 9.17) is 4.74 Å². The third-order valence-corrected chi connectivity index (χ3v) is 4.57. The van der Waals surface area contributed by atoms with Gasteiger partial charge in [-0.3, -0.25) is 4.98 Å². The molecule has 0 aliphatic carbocycles. The molecule has 1 aliphatic rings. The summed E-state index contributed by atoms with van der Waals surface area (Å²) in [6.45, 7) is 3.72. The molecule has 5 nitrogen and oxygen atoms in total. The molecular weight excluding hydrogens is 314 g/mol. The smallest absolute Gasteiger partial charge is 0.409 e. The van der Waals surface area contributed by atoms with Gasteiger partial charge >= 0.3 is 6.09 Å². The summed E-state index contributed by atoms with van der Waals surface area (Å²) >= 11 is 0. The van der Waals surface area contributed by atoms with Gasteiger partial charge in [-0.05, 0) is 37.0 Å². The lowest BCUT2D eigenvalue weighted by Gasteiger charge is -2.34. The second kappa shape index (κ2) is 8.62. The zero-order chi connectivity index (χ0) is 17.5. The Labute approximate surface area is 149 Å². The van der Waals surface area contributed by atoms with Crippen molar-refractivity contribution in [3.8, 4) is 0 Å². The molecule has 1 aromatic heterocycles. The number of likely N-dealkylation sites (tertiary alicyclic amines) is 1. The first kappa shape index (κ1) is 17.4. The Morgan fingerprint density at radius 3 is 2.56 bits per heavy atom. The maximum absolute atomic E-state index is 11.8. The highest BCUT2D eigenvalue weighted by molar-refractivity contribution is 5.67. The standard InChI is InChI=1S/C20H25N3O2/c1-2-25-20(24)23-13-10-18(11-14-23)22-19(16-7-4-3-5-8-16)17-9-6-12-21-15-17/h3-9,12,15,18-19,22H,2,10-11,13-14H2,1H3/t19-/m1/s1. The molecule has 1 fully saturated rings. The van der Waals surface area contributed by atoms with Crippen LogP contribution in [0.15, 0.2) is 54.9 Å². The Bertz CT molecular complexity index is 616. The van der Waals surface area contributed by atoms with Crippen LogP contribution in [0.4, 0.5) is 4.79 Å². The minimum Gasteiger partial charge on any atom is -0.450 e. The van der Waals surface area contributed by atoms with E-state index in [1.54, 1.807) is 11.1 Å². The van der Waals surface area contributed by atoms with Crippen LogP contribution in [0.1, 0.15) is 36.9 Å². The van der Waals surface area contributed by atoms with E-state index in [1.807, 2.05) is 25.3 Å². The molecule has 1 saturated heterocycles. The molecule has 2 aromatic rings. The number of hydrogen-bond donors (Lipinski definition) is 1. The molecule has 0 saturated carbocycles. The summed E-state index contributed by atoms with van der Waals surface area (Å²) in [5, 5.41) is 3.76. The number of amides is 1. The highest BCUT2D eigenvalue weighted by atomic mass is 16.6. The fraction of sp³-hybridized carbons (Fsp3) is 0.400. The molecule has 0 unspecified atom stereocenters. The van der Waals surface area contributed by atoms with Crippen molar-refractivity contribution in [2.75, 3.05) is 19.7 Å². The number of carbonyl (C=O) groups is 1. The lowest BCUT2D eigenvalue weighted by Crippen LogP contribution is -2.46. The van der Waals surface area contributed by atoms with E-state index < -0.39 is 0 Å². The van der Waals surface area contributed by atoms with Gasteiger partial charge in [-0.2, -0.15) is 0 Å². The van der Waals surface area contributed by atoms with Crippen molar-refractivity contribution in [1.82, 2.24) is 15.2 Å². The third kappa shape index (κ3) is 4.57. The molecule has 1 N–H and O–H groups in total. The zero-order valence-corrected chi connectivity index (χ0v) is 14.6. The topological polar surface area (TPSA) is 54.5 Å². The number of piperidine rings is 1. The Kier molecular flexibility index (Phi) is 6.01. The van der Waals surface area contributed by atoms with Crippen LogP contribution >= 0.6 is 0 Å². The van der Waals surface area contributed by atoms with Gasteiger partial charge in [0.2, 0.25) is 0 Å². The SMILES string of the molecule is CCOC(=O)N1CCC(N[C@H](c2ccccc2)c2cccnc2)CC1. The number of aromatic nitrogens is 1. The fourth-order valence-electron chi connectivity index (χ4n) is 3.26. The molecule has 3 rings (SSSR count). The molecule has 0 spiro atoms. The van der Waals surface area contributed by atoms with Crippen molar-refractivity contribution in [2.24, 2.45) is 0 Å². The highest BCUT2D eigenvalue weighted by Gasteiger charge is 2.26. The van der Waals surface area contributed by atoms with Crippen LogP contribution in [0.2, 0.25) is 0 Å². The average Bonchev–Trinajstić information content (AvgIpc) is 2.68. The number of benzene rings is 1. The number of ether oxygens (including phenoxy) is 1. The van der Waals surface area contributed by atoms with Crippen molar-refractivity contribution < 1.29 is 9.53 Å². The molecule has 1 aliphatic heterocycles. The molecule has 0 radical (unpaired) electrons. The second-order valence-electron chi connectivity index (χ2n) is 6.26. The Hall–Kier alpha value is -2.40. The fourth-order valence-corrected chi connectivity index (χ4v) is 3.26. The molecule has 2 heterocycles. The van der Waals surface area contributed by atoms with Crippen molar-refractivity contribution in [3.05, 3.63) is 66.0 Å². The summed E-state index contributed by atoms with van der Waals surface area (Å²) in [5.74, 6) is 0. The van der Waals surface area contributed by atoms with E-state index in [0.717, 1.165) is 31.5 Å². The van der Waals surface area contributed by atoms with E-state index in [1.165, 1.54) is 5.56 Å². The summed E-state index contributed by atoms with van der Waals surface area (Å²) < 4.78 is 5.09. The van der Waals surface area contributed by atoms with Crippen molar-refractivity contribution in [3.63, 3.8) is 0 Å². The molecule has 132 valence electrons. The summed E-state index contributed by atoms with van der Waals surface area (Å²) in [7, 11) is 0. The van der Waals surface area contributed by atoms with Crippen LogP contribution in [0.5, 0.6) is 0 Å². The molecule has 1 aromatic carbocycles. The molecule has 5 heteroatoms. The summed E-state index contributed by atoms with van der Waals surface area (Å²) in [4.78, 5) is 17.9. The van der Waals surface area contributed by atoms with Gasteiger partial charge in [-0.25, -0.2) is 4.79 Å². The van der Waals surface area contributed by atoms with Gasteiger partial charge in [0.1, 0.15) is 0 Å². The van der Waals surface area contributed by atoms with E-state index in [2.05, 4.69) is 40.6 Å². The van der Waals surface area contributed by atoms with Gasteiger partial charge in [-0.1, -0.05) is 36.4 Å².